The lowest BCUT2D eigenvalue weighted by Gasteiger charge is -2.20. The summed E-state index contributed by atoms with van der Waals surface area (Å²) < 4.78 is 40.4. The molecule has 3 aromatic rings. The number of anilines is 2. The number of hydrogen-bond acceptors (Lipinski definition) is 3. The van der Waals surface area contributed by atoms with E-state index in [1.54, 1.807) is 12.1 Å². The molecule has 1 N–H and O–H groups in total. The molecule has 1 amide bonds. The van der Waals surface area contributed by atoms with Crippen LogP contribution in [0.2, 0.25) is 5.02 Å². The number of halogens is 2. The van der Waals surface area contributed by atoms with Gasteiger partial charge in [0.25, 0.3) is 15.9 Å². The van der Waals surface area contributed by atoms with Crippen molar-refractivity contribution in [3.63, 3.8) is 0 Å². The number of hydrogen-bond donors (Lipinski definition) is 1. The largest absolute Gasteiger partial charge is 0.322 e. The predicted molar refractivity (Wildman–Crippen MR) is 113 cm³/mol. The van der Waals surface area contributed by atoms with Crippen LogP contribution in [-0.2, 0) is 10.0 Å². The molecule has 0 aliphatic carbocycles. The molecule has 8 heteroatoms. The summed E-state index contributed by atoms with van der Waals surface area (Å²) in [5.74, 6) is -1.14. The second kappa shape index (κ2) is 8.23. The molecule has 150 valence electrons. The van der Waals surface area contributed by atoms with Gasteiger partial charge >= 0.3 is 0 Å². The summed E-state index contributed by atoms with van der Waals surface area (Å²) in [4.78, 5) is 12.5. The summed E-state index contributed by atoms with van der Waals surface area (Å²) in [5.41, 5.74) is 1.96. The van der Waals surface area contributed by atoms with E-state index in [0.29, 0.717) is 11.4 Å². The molecular weight excluding hydrogens is 415 g/mol. The maximum Gasteiger partial charge on any atom is 0.264 e. The Hall–Kier alpha value is -2.90. The predicted octanol–water partition coefficient (Wildman–Crippen LogP) is 4.86. The molecule has 0 radical (unpaired) electrons. The highest BCUT2D eigenvalue weighted by Crippen LogP contribution is 2.24. The SMILES string of the molecule is Cc1ccc(N(C)S(=O)(=O)c2cccc(C(=O)Nc3ccc(F)c(Cl)c3)c2)cc1. The lowest BCUT2D eigenvalue weighted by atomic mass is 10.2. The van der Waals surface area contributed by atoms with Crippen LogP contribution in [0.1, 0.15) is 15.9 Å². The molecule has 0 aromatic heterocycles. The van der Waals surface area contributed by atoms with E-state index in [4.69, 9.17) is 11.6 Å². The number of rotatable bonds is 5. The number of carbonyl (C=O) groups excluding carboxylic acids is 1. The Kier molecular flexibility index (Phi) is 5.91. The molecule has 0 spiro atoms. The summed E-state index contributed by atoms with van der Waals surface area (Å²) in [6.45, 7) is 1.91. The maximum absolute atomic E-state index is 13.3. The molecule has 0 unspecified atom stereocenters. The first-order chi connectivity index (χ1) is 13.7. The van der Waals surface area contributed by atoms with E-state index in [-0.39, 0.29) is 15.5 Å². The Bertz CT molecular complexity index is 1160. The van der Waals surface area contributed by atoms with E-state index in [2.05, 4.69) is 5.32 Å². The van der Waals surface area contributed by atoms with Crippen molar-refractivity contribution in [1.29, 1.82) is 0 Å². The van der Waals surface area contributed by atoms with Crippen molar-refractivity contribution >= 4 is 38.9 Å². The third kappa shape index (κ3) is 4.58. The number of sulfonamides is 1. The van der Waals surface area contributed by atoms with Gasteiger partial charge in [-0.05, 0) is 55.5 Å². The molecule has 0 bridgehead atoms. The second-order valence-corrected chi connectivity index (χ2v) is 8.80. The molecule has 29 heavy (non-hydrogen) atoms. The average Bonchev–Trinajstić information content (AvgIpc) is 2.71. The van der Waals surface area contributed by atoms with Crippen LogP contribution in [0.15, 0.2) is 71.6 Å². The molecule has 5 nitrogen and oxygen atoms in total. The van der Waals surface area contributed by atoms with Crippen molar-refractivity contribution in [3.05, 3.63) is 88.7 Å². The van der Waals surface area contributed by atoms with Crippen LogP contribution in [0.25, 0.3) is 0 Å². The van der Waals surface area contributed by atoms with Crippen LogP contribution < -0.4 is 9.62 Å². The zero-order chi connectivity index (χ0) is 21.2. The van der Waals surface area contributed by atoms with Crippen LogP contribution in [0, 0.1) is 12.7 Å². The smallest absolute Gasteiger partial charge is 0.264 e. The fourth-order valence-corrected chi connectivity index (χ4v) is 4.05. The van der Waals surface area contributed by atoms with Crippen molar-refractivity contribution in [2.75, 3.05) is 16.7 Å². The van der Waals surface area contributed by atoms with Crippen LogP contribution >= 0.6 is 11.6 Å². The summed E-state index contributed by atoms with van der Waals surface area (Å²) in [5, 5.41) is 2.45. The highest BCUT2D eigenvalue weighted by atomic mass is 35.5. The first-order valence-corrected chi connectivity index (χ1v) is 10.4. The van der Waals surface area contributed by atoms with E-state index in [9.17, 15) is 17.6 Å². The Morgan fingerprint density at radius 2 is 1.72 bits per heavy atom. The Morgan fingerprint density at radius 3 is 2.38 bits per heavy atom. The van der Waals surface area contributed by atoms with E-state index < -0.39 is 21.7 Å². The Labute approximate surface area is 173 Å². The van der Waals surface area contributed by atoms with Crippen molar-refractivity contribution in [2.45, 2.75) is 11.8 Å². The summed E-state index contributed by atoms with van der Waals surface area (Å²) in [7, 11) is -2.41. The topological polar surface area (TPSA) is 66.5 Å². The minimum Gasteiger partial charge on any atom is -0.322 e. The Balaban J connectivity index is 1.86. The highest BCUT2D eigenvalue weighted by Gasteiger charge is 2.22. The van der Waals surface area contributed by atoms with Gasteiger partial charge in [-0.2, -0.15) is 0 Å². The summed E-state index contributed by atoms with van der Waals surface area (Å²) in [6.07, 6.45) is 0. The van der Waals surface area contributed by atoms with Crippen molar-refractivity contribution in [3.8, 4) is 0 Å². The zero-order valence-corrected chi connectivity index (χ0v) is 17.3. The van der Waals surface area contributed by atoms with E-state index in [1.807, 2.05) is 19.1 Å². The van der Waals surface area contributed by atoms with Crippen LogP contribution in [0.5, 0.6) is 0 Å². The van der Waals surface area contributed by atoms with Crippen LogP contribution in [0.4, 0.5) is 15.8 Å². The first-order valence-electron chi connectivity index (χ1n) is 8.60. The van der Waals surface area contributed by atoms with Gasteiger partial charge in [0.05, 0.1) is 15.6 Å². The van der Waals surface area contributed by atoms with Crippen molar-refractivity contribution < 1.29 is 17.6 Å². The number of aryl methyl sites for hydroxylation is 1. The lowest BCUT2D eigenvalue weighted by molar-refractivity contribution is 0.102. The standard InChI is InChI=1S/C21H18ClFN2O3S/c1-14-6-9-17(10-7-14)25(2)29(27,28)18-5-3-4-15(12-18)21(26)24-16-8-11-20(23)19(22)13-16/h3-13H,1-2H3,(H,24,26). The molecule has 0 saturated carbocycles. The number of nitrogens with zero attached hydrogens (tertiary/aromatic N) is 1. The van der Waals surface area contributed by atoms with Gasteiger partial charge in [-0.15, -0.1) is 0 Å². The fourth-order valence-electron chi connectivity index (χ4n) is 2.63. The highest BCUT2D eigenvalue weighted by molar-refractivity contribution is 7.92. The minimum absolute atomic E-state index is 0.0228. The van der Waals surface area contributed by atoms with Crippen molar-refractivity contribution in [1.82, 2.24) is 0 Å². The molecular formula is C21H18ClFN2O3S. The van der Waals surface area contributed by atoms with Crippen LogP contribution in [0.3, 0.4) is 0 Å². The number of nitrogens with one attached hydrogen (secondary N) is 1. The van der Waals surface area contributed by atoms with E-state index in [0.717, 1.165) is 15.9 Å². The molecule has 0 atom stereocenters. The van der Waals surface area contributed by atoms with Crippen molar-refractivity contribution in [2.24, 2.45) is 0 Å². The lowest BCUT2D eigenvalue weighted by Crippen LogP contribution is -2.26. The summed E-state index contributed by atoms with van der Waals surface area (Å²) >= 11 is 5.72. The normalized spacial score (nSPS) is 11.2. The van der Waals surface area contributed by atoms with Gasteiger partial charge in [-0.25, -0.2) is 12.8 Å². The molecule has 0 saturated heterocycles. The van der Waals surface area contributed by atoms with Gasteiger partial charge in [0.15, 0.2) is 0 Å². The maximum atomic E-state index is 13.3. The monoisotopic (exact) mass is 432 g/mol. The van der Waals surface area contributed by atoms with Gasteiger partial charge in [0.1, 0.15) is 5.82 Å². The molecule has 3 aromatic carbocycles. The van der Waals surface area contributed by atoms with Crippen LogP contribution in [-0.4, -0.2) is 21.4 Å². The third-order valence-corrected chi connectivity index (χ3v) is 6.40. The van der Waals surface area contributed by atoms with E-state index >= 15 is 0 Å². The number of carbonyl (C=O) groups is 1. The molecule has 0 aliphatic rings. The molecule has 3 rings (SSSR count). The minimum atomic E-state index is -3.86. The van der Waals surface area contributed by atoms with Gasteiger partial charge in [0.2, 0.25) is 0 Å². The Morgan fingerprint density at radius 1 is 1.03 bits per heavy atom. The molecule has 0 aliphatic heterocycles. The van der Waals surface area contributed by atoms with Gasteiger partial charge in [-0.1, -0.05) is 35.4 Å². The fraction of sp³-hybridized carbons (Fsp3) is 0.0952. The summed E-state index contributed by atoms with van der Waals surface area (Å²) in [6, 6.07) is 16.5. The second-order valence-electron chi connectivity index (χ2n) is 6.42. The quantitative estimate of drug-likeness (QED) is 0.625. The third-order valence-electron chi connectivity index (χ3n) is 4.33. The molecule has 0 heterocycles. The first kappa shape index (κ1) is 20.8. The van der Waals surface area contributed by atoms with Gasteiger partial charge < -0.3 is 5.32 Å². The van der Waals surface area contributed by atoms with E-state index in [1.165, 1.54) is 43.4 Å². The average molecular weight is 433 g/mol. The van der Waals surface area contributed by atoms with Gasteiger partial charge in [0, 0.05) is 18.3 Å². The zero-order valence-electron chi connectivity index (χ0n) is 15.7. The number of benzene rings is 3. The molecule has 0 fully saturated rings. The number of amides is 1. The van der Waals surface area contributed by atoms with Gasteiger partial charge in [-0.3, -0.25) is 9.10 Å².